The number of hydrogen-bond acceptors (Lipinski definition) is 6. The number of urea groups is 1. The molecule has 0 aliphatic heterocycles. The summed E-state index contributed by atoms with van der Waals surface area (Å²) in [7, 11) is -4.19. The second-order valence-electron chi connectivity index (χ2n) is 4.93. The van der Waals surface area contributed by atoms with Gasteiger partial charge in [-0.15, -0.1) is 0 Å². The second kappa shape index (κ2) is 7.16. The number of carbonyl (C=O) groups excluding carboxylic acids is 1. The zero-order chi connectivity index (χ0) is 17.9. The molecule has 0 aliphatic carbocycles. The highest BCUT2D eigenvalue weighted by atomic mass is 32.2. The Kier molecular flexibility index (Phi) is 5.42. The Morgan fingerprint density at radius 3 is 2.33 bits per heavy atom. The van der Waals surface area contributed by atoms with Gasteiger partial charge in [-0.25, -0.2) is 27.9 Å². The maximum Gasteiger partial charge on any atom is 0.335 e. The number of anilines is 1. The average molecular weight is 368 g/mol. The standard InChI is InChI=1S/C14H16N4O4S2/c1-9-8-10(2)16-13(15-9)17-14(19)18-24(21,22)12-7-5-4-6-11(12)23(3)20/h4-8H,1-3H3,(H2,15,16,17,18,19). The lowest BCUT2D eigenvalue weighted by molar-refractivity contribution is 0.256. The van der Waals surface area contributed by atoms with Gasteiger partial charge in [0.25, 0.3) is 10.0 Å². The van der Waals surface area contributed by atoms with Gasteiger partial charge in [0.15, 0.2) is 4.90 Å². The first-order valence-electron chi connectivity index (χ1n) is 6.77. The molecule has 128 valence electrons. The van der Waals surface area contributed by atoms with Gasteiger partial charge in [-0.05, 0) is 43.2 Å². The van der Waals surface area contributed by atoms with E-state index >= 15 is 0 Å². The number of aryl methyl sites for hydroxylation is 2. The minimum absolute atomic E-state index is 0.00690. The number of amides is 2. The Morgan fingerprint density at radius 1 is 1.17 bits per heavy atom. The van der Waals surface area contributed by atoms with Gasteiger partial charge in [-0.1, -0.05) is 12.1 Å². The molecular formula is C14H16N4O4S2. The second-order valence-corrected chi connectivity index (χ2v) is 7.93. The SMILES string of the molecule is Cc1cc(C)nc(NC(=O)NS(=O)(=O)c2ccccc2[S+](C)[O-])n1. The largest absolute Gasteiger partial charge is 0.612 e. The molecule has 24 heavy (non-hydrogen) atoms. The van der Waals surface area contributed by atoms with Gasteiger partial charge < -0.3 is 4.55 Å². The van der Waals surface area contributed by atoms with Gasteiger partial charge in [-0.3, -0.25) is 5.32 Å². The molecule has 1 atom stereocenters. The third-order valence-corrected chi connectivity index (χ3v) is 5.38. The van der Waals surface area contributed by atoms with E-state index in [0.29, 0.717) is 11.4 Å². The maximum atomic E-state index is 12.3. The molecule has 8 nitrogen and oxygen atoms in total. The minimum Gasteiger partial charge on any atom is -0.612 e. The van der Waals surface area contributed by atoms with Gasteiger partial charge in [0.1, 0.15) is 11.2 Å². The Hall–Kier alpha value is -2.17. The van der Waals surface area contributed by atoms with Gasteiger partial charge in [-0.2, -0.15) is 0 Å². The van der Waals surface area contributed by atoms with Crippen molar-refractivity contribution < 1.29 is 17.8 Å². The molecule has 0 aliphatic rings. The predicted molar refractivity (Wildman–Crippen MR) is 89.6 cm³/mol. The quantitative estimate of drug-likeness (QED) is 0.785. The molecule has 0 saturated carbocycles. The molecule has 1 heterocycles. The van der Waals surface area contributed by atoms with Crippen LogP contribution in [-0.4, -0.2) is 35.2 Å². The topological polar surface area (TPSA) is 124 Å². The van der Waals surface area contributed by atoms with E-state index in [-0.39, 0.29) is 15.7 Å². The number of carbonyl (C=O) groups is 1. The van der Waals surface area contributed by atoms with Crippen LogP contribution in [0.15, 0.2) is 40.1 Å². The van der Waals surface area contributed by atoms with E-state index in [1.165, 1.54) is 24.5 Å². The molecule has 1 aromatic carbocycles. The van der Waals surface area contributed by atoms with E-state index in [2.05, 4.69) is 15.3 Å². The summed E-state index contributed by atoms with van der Waals surface area (Å²) >= 11 is -1.52. The molecule has 0 fully saturated rings. The van der Waals surface area contributed by atoms with Crippen LogP contribution in [0.1, 0.15) is 11.4 Å². The van der Waals surface area contributed by atoms with Crippen molar-refractivity contribution in [3.05, 3.63) is 41.7 Å². The number of nitrogens with one attached hydrogen (secondary N) is 2. The van der Waals surface area contributed by atoms with Gasteiger partial charge >= 0.3 is 6.03 Å². The van der Waals surface area contributed by atoms with E-state index in [1.807, 2.05) is 4.72 Å². The molecule has 1 unspecified atom stereocenters. The van der Waals surface area contributed by atoms with Crippen molar-refractivity contribution in [3.8, 4) is 0 Å². The Morgan fingerprint density at radius 2 is 1.75 bits per heavy atom. The van der Waals surface area contributed by atoms with Crippen LogP contribution in [0.5, 0.6) is 0 Å². The van der Waals surface area contributed by atoms with Crippen molar-refractivity contribution in [1.82, 2.24) is 14.7 Å². The van der Waals surface area contributed by atoms with Crippen LogP contribution in [0.2, 0.25) is 0 Å². The summed E-state index contributed by atoms with van der Waals surface area (Å²) in [6.45, 7) is 3.45. The van der Waals surface area contributed by atoms with Crippen LogP contribution in [-0.2, 0) is 21.2 Å². The normalized spacial score (nSPS) is 12.5. The Balaban J connectivity index is 2.22. The van der Waals surface area contributed by atoms with E-state index < -0.39 is 27.2 Å². The Labute approximate surface area is 143 Å². The van der Waals surface area contributed by atoms with Gasteiger partial charge in [0, 0.05) is 11.4 Å². The molecule has 0 bridgehead atoms. The van der Waals surface area contributed by atoms with Crippen molar-refractivity contribution in [1.29, 1.82) is 0 Å². The molecule has 10 heteroatoms. The fourth-order valence-electron chi connectivity index (χ4n) is 2.00. The third-order valence-electron chi connectivity index (χ3n) is 2.88. The fraction of sp³-hybridized carbons (Fsp3) is 0.214. The summed E-state index contributed by atoms with van der Waals surface area (Å²) in [4.78, 5) is 19.8. The van der Waals surface area contributed by atoms with Crippen molar-refractivity contribution in [2.75, 3.05) is 11.6 Å². The summed E-state index contributed by atoms with van der Waals surface area (Å²) in [5.41, 5.74) is 1.26. The molecule has 0 saturated heterocycles. The number of sulfonamides is 1. The van der Waals surface area contributed by atoms with Crippen LogP contribution < -0.4 is 10.0 Å². The zero-order valence-electron chi connectivity index (χ0n) is 13.2. The number of rotatable bonds is 4. The van der Waals surface area contributed by atoms with Crippen molar-refractivity contribution in [2.24, 2.45) is 0 Å². The average Bonchev–Trinajstić information content (AvgIpc) is 2.45. The van der Waals surface area contributed by atoms with E-state index in [9.17, 15) is 17.8 Å². The zero-order valence-corrected chi connectivity index (χ0v) is 14.9. The van der Waals surface area contributed by atoms with Gasteiger partial charge in [0.05, 0.1) is 0 Å². The molecule has 2 aromatic rings. The minimum atomic E-state index is -4.19. The lowest BCUT2D eigenvalue weighted by Gasteiger charge is -2.12. The fourth-order valence-corrected chi connectivity index (χ4v) is 4.29. The summed E-state index contributed by atoms with van der Waals surface area (Å²) in [5, 5.41) is 2.27. The molecular weight excluding hydrogens is 352 g/mol. The summed E-state index contributed by atoms with van der Waals surface area (Å²) in [6, 6.07) is 6.47. The highest BCUT2D eigenvalue weighted by molar-refractivity contribution is 7.93. The Bertz CT molecular complexity index is 849. The van der Waals surface area contributed by atoms with Crippen LogP contribution in [0.3, 0.4) is 0 Å². The first kappa shape index (κ1) is 18.2. The van der Waals surface area contributed by atoms with Crippen molar-refractivity contribution >= 4 is 33.2 Å². The predicted octanol–water partition coefficient (Wildman–Crippen LogP) is 1.34. The van der Waals surface area contributed by atoms with Crippen LogP contribution in [0.25, 0.3) is 0 Å². The third kappa shape index (κ3) is 4.43. The molecule has 1 aromatic heterocycles. The first-order chi connectivity index (χ1) is 11.2. The van der Waals surface area contributed by atoms with Crippen molar-refractivity contribution in [2.45, 2.75) is 23.6 Å². The molecule has 2 N–H and O–H groups in total. The summed E-state index contributed by atoms with van der Waals surface area (Å²) in [5.74, 6) is -0.00690. The molecule has 0 spiro atoms. The molecule has 2 rings (SSSR count). The highest BCUT2D eigenvalue weighted by Gasteiger charge is 2.25. The number of aromatic nitrogens is 2. The van der Waals surface area contributed by atoms with E-state index in [0.717, 1.165) is 0 Å². The van der Waals surface area contributed by atoms with E-state index in [1.54, 1.807) is 26.0 Å². The molecule has 2 amide bonds. The smallest absolute Gasteiger partial charge is 0.335 e. The van der Waals surface area contributed by atoms with Crippen molar-refractivity contribution in [3.63, 3.8) is 0 Å². The summed E-state index contributed by atoms with van der Waals surface area (Å²) < 4.78 is 38.2. The first-order valence-corrected chi connectivity index (χ1v) is 9.82. The number of benzene rings is 1. The van der Waals surface area contributed by atoms with Crippen LogP contribution in [0.4, 0.5) is 10.7 Å². The number of hydrogen-bond donors (Lipinski definition) is 2. The lowest BCUT2D eigenvalue weighted by atomic mass is 10.4. The van der Waals surface area contributed by atoms with Crippen LogP contribution >= 0.6 is 0 Å². The molecule has 0 radical (unpaired) electrons. The number of nitrogens with zero attached hydrogens (tertiary/aromatic N) is 2. The monoisotopic (exact) mass is 368 g/mol. The van der Waals surface area contributed by atoms with E-state index in [4.69, 9.17) is 0 Å². The summed E-state index contributed by atoms with van der Waals surface area (Å²) in [6.07, 6.45) is 1.36. The maximum absolute atomic E-state index is 12.3. The van der Waals surface area contributed by atoms with Crippen LogP contribution in [0, 0.1) is 13.8 Å². The lowest BCUT2D eigenvalue weighted by Crippen LogP contribution is -2.35. The highest BCUT2D eigenvalue weighted by Crippen LogP contribution is 2.20. The van der Waals surface area contributed by atoms with Gasteiger partial charge in [0.2, 0.25) is 5.95 Å².